The minimum atomic E-state index is -0.112. The van der Waals surface area contributed by atoms with Gasteiger partial charge in [-0.3, -0.25) is 4.79 Å². The summed E-state index contributed by atoms with van der Waals surface area (Å²) in [6.45, 7) is 2.88. The normalized spacial score (nSPS) is 14.7. The molecular weight excluding hydrogens is 388 g/mol. The molecule has 0 fully saturated rings. The van der Waals surface area contributed by atoms with Crippen LogP contribution in [0.1, 0.15) is 42.4 Å². The minimum absolute atomic E-state index is 0.112. The van der Waals surface area contributed by atoms with Crippen molar-refractivity contribution in [2.75, 3.05) is 13.2 Å². The number of rotatable bonds is 9. The van der Waals surface area contributed by atoms with Crippen LogP contribution in [0, 0.1) is 0 Å². The van der Waals surface area contributed by atoms with Gasteiger partial charge in [0.25, 0.3) is 0 Å². The predicted octanol–water partition coefficient (Wildman–Crippen LogP) is 6.08. The highest BCUT2D eigenvalue weighted by atomic mass is 16.5. The van der Waals surface area contributed by atoms with E-state index in [1.54, 1.807) is 0 Å². The minimum Gasteiger partial charge on any atom is -0.493 e. The van der Waals surface area contributed by atoms with Crippen molar-refractivity contribution < 1.29 is 19.0 Å². The van der Waals surface area contributed by atoms with Crippen molar-refractivity contribution in [2.24, 2.45) is 0 Å². The summed E-state index contributed by atoms with van der Waals surface area (Å²) in [4.78, 5) is 11.8. The first-order chi connectivity index (χ1) is 15.2. The van der Waals surface area contributed by atoms with Crippen LogP contribution in [0.15, 0.2) is 72.8 Å². The summed E-state index contributed by atoms with van der Waals surface area (Å²) in [5, 5.41) is 0. The van der Waals surface area contributed by atoms with Gasteiger partial charge in [0.05, 0.1) is 19.6 Å². The maximum atomic E-state index is 11.8. The summed E-state index contributed by atoms with van der Waals surface area (Å²) in [5.74, 6) is 2.69. The molecule has 0 amide bonds. The van der Waals surface area contributed by atoms with Crippen LogP contribution in [0.5, 0.6) is 17.2 Å². The summed E-state index contributed by atoms with van der Waals surface area (Å²) >= 11 is 0. The topological polar surface area (TPSA) is 44.8 Å². The van der Waals surface area contributed by atoms with Crippen molar-refractivity contribution >= 4 is 5.97 Å². The van der Waals surface area contributed by atoms with Gasteiger partial charge >= 0.3 is 5.97 Å². The van der Waals surface area contributed by atoms with E-state index in [2.05, 4.69) is 24.3 Å². The molecule has 160 valence electrons. The van der Waals surface area contributed by atoms with Gasteiger partial charge in [-0.2, -0.15) is 0 Å². The summed E-state index contributed by atoms with van der Waals surface area (Å²) in [6.07, 6.45) is 3.23. The molecule has 0 aliphatic heterocycles. The molecule has 31 heavy (non-hydrogen) atoms. The van der Waals surface area contributed by atoms with E-state index in [9.17, 15) is 4.79 Å². The third-order valence-corrected chi connectivity index (χ3v) is 5.57. The molecule has 0 spiro atoms. The zero-order chi connectivity index (χ0) is 21.5. The maximum absolute atomic E-state index is 11.8. The highest BCUT2D eigenvalue weighted by molar-refractivity contribution is 5.71. The predicted molar refractivity (Wildman–Crippen MR) is 121 cm³/mol. The molecule has 3 aromatic carbocycles. The van der Waals surface area contributed by atoms with Gasteiger partial charge in [-0.05, 0) is 78.8 Å². The summed E-state index contributed by atoms with van der Waals surface area (Å²) in [7, 11) is 0. The number of benzene rings is 3. The molecule has 0 N–H and O–H groups in total. The quantitative estimate of drug-likeness (QED) is 0.396. The molecule has 1 aliphatic carbocycles. The fourth-order valence-corrected chi connectivity index (χ4v) is 4.08. The molecule has 4 rings (SSSR count). The van der Waals surface area contributed by atoms with Crippen molar-refractivity contribution in [1.29, 1.82) is 0 Å². The van der Waals surface area contributed by atoms with Crippen molar-refractivity contribution in [1.82, 2.24) is 0 Å². The van der Waals surface area contributed by atoms with Crippen LogP contribution in [0.3, 0.4) is 0 Å². The summed E-state index contributed by atoms with van der Waals surface area (Å²) in [5.41, 5.74) is 3.71. The number of fused-ring (bicyclic) bond motifs is 1. The molecule has 1 atom stereocenters. The van der Waals surface area contributed by atoms with E-state index < -0.39 is 0 Å². The van der Waals surface area contributed by atoms with Gasteiger partial charge < -0.3 is 14.2 Å². The third kappa shape index (κ3) is 5.66. The van der Waals surface area contributed by atoms with Crippen LogP contribution in [-0.2, 0) is 22.4 Å². The lowest BCUT2D eigenvalue weighted by molar-refractivity contribution is -0.143. The number of aryl methyl sites for hydroxylation is 1. The lowest BCUT2D eigenvalue weighted by atomic mass is 9.98. The number of carbonyl (C=O) groups is 1. The molecule has 0 heterocycles. The lowest BCUT2D eigenvalue weighted by Gasteiger charge is -2.12. The number of carbonyl (C=O) groups excluding carboxylic acids is 1. The number of hydrogen-bond donors (Lipinski definition) is 0. The molecule has 4 heteroatoms. The van der Waals surface area contributed by atoms with Gasteiger partial charge in [0.2, 0.25) is 0 Å². The Hall–Kier alpha value is -3.27. The van der Waals surface area contributed by atoms with Gasteiger partial charge in [0, 0.05) is 6.42 Å². The second-order valence-electron chi connectivity index (χ2n) is 7.77. The van der Waals surface area contributed by atoms with E-state index in [-0.39, 0.29) is 11.9 Å². The van der Waals surface area contributed by atoms with Gasteiger partial charge in [-0.15, -0.1) is 0 Å². The molecule has 1 aliphatic rings. The Morgan fingerprint density at radius 1 is 0.935 bits per heavy atom. The van der Waals surface area contributed by atoms with E-state index in [4.69, 9.17) is 14.2 Å². The zero-order valence-electron chi connectivity index (χ0n) is 17.9. The van der Waals surface area contributed by atoms with Crippen LogP contribution in [-0.4, -0.2) is 19.2 Å². The molecule has 0 saturated heterocycles. The Labute approximate surface area is 183 Å². The van der Waals surface area contributed by atoms with Crippen LogP contribution in [0.2, 0.25) is 0 Å². The fraction of sp³-hybridized carbons (Fsp3) is 0.296. The Morgan fingerprint density at radius 3 is 2.61 bits per heavy atom. The number of ether oxygens (including phenoxy) is 3. The number of esters is 1. The van der Waals surface area contributed by atoms with Crippen LogP contribution < -0.4 is 9.47 Å². The molecule has 1 unspecified atom stereocenters. The highest BCUT2D eigenvalue weighted by Gasteiger charge is 2.25. The molecule has 0 radical (unpaired) electrons. The Bertz CT molecular complexity index is 1010. The van der Waals surface area contributed by atoms with E-state index in [0.717, 1.165) is 36.5 Å². The van der Waals surface area contributed by atoms with Crippen molar-refractivity contribution in [3.8, 4) is 17.2 Å². The van der Waals surface area contributed by atoms with Crippen LogP contribution in [0.25, 0.3) is 0 Å². The first kappa shape index (κ1) is 21.0. The second kappa shape index (κ2) is 10.2. The van der Waals surface area contributed by atoms with Gasteiger partial charge in [0.1, 0.15) is 17.2 Å². The van der Waals surface area contributed by atoms with Gasteiger partial charge in [-0.1, -0.05) is 36.4 Å². The summed E-state index contributed by atoms with van der Waals surface area (Å²) in [6, 6.07) is 24.1. The largest absolute Gasteiger partial charge is 0.493 e. The third-order valence-electron chi connectivity index (χ3n) is 5.57. The Balaban J connectivity index is 1.30. The van der Waals surface area contributed by atoms with E-state index in [0.29, 0.717) is 19.6 Å². The van der Waals surface area contributed by atoms with Gasteiger partial charge in [-0.25, -0.2) is 0 Å². The smallest absolute Gasteiger partial charge is 0.306 e. The monoisotopic (exact) mass is 416 g/mol. The highest BCUT2D eigenvalue weighted by Crippen LogP contribution is 2.37. The van der Waals surface area contributed by atoms with E-state index in [1.807, 2.05) is 55.5 Å². The summed E-state index contributed by atoms with van der Waals surface area (Å²) < 4.78 is 17.0. The molecule has 0 saturated carbocycles. The van der Waals surface area contributed by atoms with Crippen LogP contribution >= 0.6 is 0 Å². The molecule has 0 aromatic heterocycles. The fourth-order valence-electron chi connectivity index (χ4n) is 4.08. The number of para-hydroxylation sites is 1. The lowest BCUT2D eigenvalue weighted by Crippen LogP contribution is -2.08. The standard InChI is InChI=1S/C27H28O4/c1-2-29-27(28)19-22-12-11-21-18-24(13-14-26(21)22)30-16-15-20-7-6-10-25(17-20)31-23-8-4-3-5-9-23/h3-10,13-14,17-18,22H,2,11-12,15-16,19H2,1H3. The first-order valence-electron chi connectivity index (χ1n) is 10.9. The number of hydrogen-bond acceptors (Lipinski definition) is 4. The van der Waals surface area contributed by atoms with E-state index in [1.165, 1.54) is 16.7 Å². The first-order valence-corrected chi connectivity index (χ1v) is 10.9. The van der Waals surface area contributed by atoms with Gasteiger partial charge in [0.15, 0.2) is 0 Å². The zero-order valence-corrected chi connectivity index (χ0v) is 17.9. The van der Waals surface area contributed by atoms with Crippen molar-refractivity contribution in [3.63, 3.8) is 0 Å². The average molecular weight is 417 g/mol. The Kier molecular flexibility index (Phi) is 6.88. The second-order valence-corrected chi connectivity index (χ2v) is 7.77. The van der Waals surface area contributed by atoms with Crippen molar-refractivity contribution in [2.45, 2.75) is 38.5 Å². The molecule has 4 nitrogen and oxygen atoms in total. The maximum Gasteiger partial charge on any atom is 0.306 e. The molecule has 3 aromatic rings. The van der Waals surface area contributed by atoms with E-state index >= 15 is 0 Å². The Morgan fingerprint density at radius 2 is 1.77 bits per heavy atom. The SMILES string of the molecule is CCOC(=O)CC1CCc2cc(OCCc3cccc(Oc4ccccc4)c3)ccc21. The van der Waals surface area contributed by atoms with Crippen LogP contribution in [0.4, 0.5) is 0 Å². The molecular formula is C27H28O4. The average Bonchev–Trinajstić information content (AvgIpc) is 3.17. The van der Waals surface area contributed by atoms with Crippen molar-refractivity contribution in [3.05, 3.63) is 89.5 Å². The molecule has 0 bridgehead atoms.